The van der Waals surface area contributed by atoms with Crippen molar-refractivity contribution in [3.8, 4) is 56.9 Å². The van der Waals surface area contributed by atoms with Crippen LogP contribution in [0.5, 0.6) is 0 Å². The van der Waals surface area contributed by atoms with Crippen LogP contribution in [0.2, 0.25) is 0 Å². The first-order valence-electron chi connectivity index (χ1n) is 45.7. The maximum absolute atomic E-state index is 7.57. The van der Waals surface area contributed by atoms with Crippen molar-refractivity contribution >= 4 is 71.0 Å². The van der Waals surface area contributed by atoms with Crippen molar-refractivity contribution in [3.05, 3.63) is 437 Å². The predicted octanol–water partition coefficient (Wildman–Crippen LogP) is 20.7. The number of hydrogen-bond donors (Lipinski definition) is 0. The first-order valence-corrected chi connectivity index (χ1v) is 45.7. The maximum atomic E-state index is 7.57. The van der Waals surface area contributed by atoms with Crippen molar-refractivity contribution in [1.29, 1.82) is 0 Å². The molecule has 0 unspecified atom stereocenters. The van der Waals surface area contributed by atoms with Crippen LogP contribution >= 0.6 is 0 Å². The molecule has 0 aliphatic heterocycles. The van der Waals surface area contributed by atoms with Gasteiger partial charge in [-0.2, -0.15) is 22.8 Å². The smallest absolute Gasteiger partial charge is 0.219 e. The highest BCUT2D eigenvalue weighted by molar-refractivity contribution is 5.95. The van der Waals surface area contributed by atoms with Crippen LogP contribution in [0, 0.1) is 96.6 Å². The SMILES string of the molecule is Cc1c(-[n+]2ccccc2C)cc2ccccc2c1-n1c2ccccc2c[n+]1C.Cc1c(-n2c3ccccc3c[n+]2C)cc(C(C)(C)C)cc1-[n+]1ccccc1C.Cc1cc(-n2c3ccccc3c[n+]2C)c(C)c(-[n+]2ccccc2C)c1.Cc1cc(C)c(-[n+]2ccccc2C)c(C)c1-n1c2ccccc2c[n+]1C.[C-]#[N+]c1cc(-n2c3ccccc3c[n+]2C)c(C)c(-[n+]2ccccc2C)c1. The van der Waals surface area contributed by atoms with Gasteiger partial charge in [-0.3, -0.25) is 0 Å². The van der Waals surface area contributed by atoms with Gasteiger partial charge in [0.15, 0.2) is 100 Å². The maximum Gasteiger partial charge on any atom is 0.219 e. The molecule has 0 spiro atoms. The van der Waals surface area contributed by atoms with Gasteiger partial charge in [0, 0.05) is 136 Å². The third kappa shape index (κ3) is 17.2. The fourth-order valence-electron chi connectivity index (χ4n) is 19.4. The van der Waals surface area contributed by atoms with Crippen LogP contribution in [0.3, 0.4) is 0 Å². The first-order chi connectivity index (χ1) is 64.1. The summed E-state index contributed by atoms with van der Waals surface area (Å²) in [4.78, 5) is 3.72. The summed E-state index contributed by atoms with van der Waals surface area (Å²) < 4.78 is 33.5. The Morgan fingerprint density at radius 1 is 0.263 bits per heavy atom. The molecule has 0 fully saturated rings. The lowest BCUT2D eigenvalue weighted by molar-refractivity contribution is -0.742. The van der Waals surface area contributed by atoms with E-state index >= 15 is 0 Å². The highest BCUT2D eigenvalue weighted by Crippen LogP contribution is 2.36. The Labute approximate surface area is 781 Å². The molecule has 0 saturated heterocycles. The van der Waals surface area contributed by atoms with Gasteiger partial charge in [-0.25, -0.2) is 4.85 Å². The Bertz CT molecular complexity index is 8130. The third-order valence-corrected chi connectivity index (χ3v) is 26.1. The minimum absolute atomic E-state index is 0.0575. The highest BCUT2D eigenvalue weighted by Gasteiger charge is 2.32. The van der Waals surface area contributed by atoms with Gasteiger partial charge in [0.25, 0.3) is 0 Å². The topological polar surface area (TPSA) is 67.8 Å². The largest absolute Gasteiger partial charge is 0.238 e. The Balaban J connectivity index is 0.000000116. The lowest BCUT2D eigenvalue weighted by Gasteiger charge is -2.21. The van der Waals surface area contributed by atoms with Crippen molar-refractivity contribution in [2.75, 3.05) is 0 Å². The van der Waals surface area contributed by atoms with E-state index in [1.54, 1.807) is 0 Å². The second kappa shape index (κ2) is 37.0. The normalized spacial score (nSPS) is 11.3. The molecule has 21 rings (SSSR count). The third-order valence-electron chi connectivity index (χ3n) is 26.1. The van der Waals surface area contributed by atoms with Crippen LogP contribution in [0.1, 0.15) is 99.3 Å². The first kappa shape index (κ1) is 89.3. The van der Waals surface area contributed by atoms with Gasteiger partial charge in [0.1, 0.15) is 56.0 Å². The molecule has 10 heterocycles. The molecule has 10 aromatic heterocycles. The zero-order valence-corrected chi connectivity index (χ0v) is 80.6. The molecule has 658 valence electrons. The van der Waals surface area contributed by atoms with Crippen LogP contribution in [0.15, 0.2) is 347 Å². The highest BCUT2D eigenvalue weighted by atomic mass is 15.4. The monoisotopic (exact) mass is 1750 g/mol. The number of pyridine rings is 5. The molecule has 0 N–H and O–H groups in total. The second-order valence-corrected chi connectivity index (χ2v) is 36.4. The molecule has 0 radical (unpaired) electrons. The number of para-hydroxylation sites is 5. The zero-order valence-electron chi connectivity index (χ0n) is 80.6. The molecule has 0 aliphatic carbocycles. The molecule has 16 nitrogen and oxygen atoms in total. The number of hydrogen-bond acceptors (Lipinski definition) is 0. The minimum atomic E-state index is 0.0575. The van der Waals surface area contributed by atoms with Crippen molar-refractivity contribution in [3.63, 3.8) is 0 Å². The molecular formula is C117H120N16+10. The van der Waals surface area contributed by atoms with E-state index in [1.807, 2.05) is 49.6 Å². The Morgan fingerprint density at radius 3 is 0.955 bits per heavy atom. The summed E-state index contributed by atoms with van der Waals surface area (Å²) >= 11 is 0. The number of fused-ring (bicyclic) bond motifs is 6. The van der Waals surface area contributed by atoms with E-state index < -0.39 is 0 Å². The Kier molecular flexibility index (Phi) is 24.8. The van der Waals surface area contributed by atoms with Gasteiger partial charge in [-0.05, 0) is 168 Å². The molecule has 0 aliphatic rings. The fourth-order valence-corrected chi connectivity index (χ4v) is 19.4. The second-order valence-electron chi connectivity index (χ2n) is 36.4. The van der Waals surface area contributed by atoms with E-state index in [4.69, 9.17) is 6.57 Å². The van der Waals surface area contributed by atoms with E-state index in [1.165, 1.54) is 173 Å². The van der Waals surface area contributed by atoms with Gasteiger partial charge >= 0.3 is 0 Å². The quantitative estimate of drug-likeness (QED) is 0.0967. The average molecular weight is 1750 g/mol. The van der Waals surface area contributed by atoms with Gasteiger partial charge in [0.05, 0.1) is 55.8 Å². The molecular weight excluding hydrogens is 1630 g/mol. The molecule has 0 bridgehead atoms. The molecule has 0 amide bonds. The van der Waals surface area contributed by atoms with E-state index in [0.717, 1.165) is 28.1 Å². The molecule has 0 saturated carbocycles. The van der Waals surface area contributed by atoms with E-state index in [2.05, 4.69) is 518 Å². The van der Waals surface area contributed by atoms with E-state index in [0.29, 0.717) is 5.69 Å². The molecule has 21 aromatic rings. The van der Waals surface area contributed by atoms with Crippen LogP contribution in [-0.4, -0.2) is 23.4 Å². The lowest BCUT2D eigenvalue weighted by atomic mass is 9.85. The summed E-state index contributed by atoms with van der Waals surface area (Å²) in [6.07, 6.45) is 21.5. The van der Waals surface area contributed by atoms with Crippen LogP contribution in [0.25, 0.3) is 127 Å². The van der Waals surface area contributed by atoms with Crippen molar-refractivity contribution < 1.29 is 46.2 Å². The number of benzene rings is 11. The number of aromatic nitrogens is 15. The van der Waals surface area contributed by atoms with Crippen molar-refractivity contribution in [1.82, 2.24) is 23.4 Å². The number of aryl methyl sites for hydroxylation is 13. The van der Waals surface area contributed by atoms with E-state index in [-0.39, 0.29) is 5.41 Å². The average Bonchev–Trinajstić information content (AvgIpc) is 1.58. The van der Waals surface area contributed by atoms with Crippen LogP contribution in [-0.2, 0) is 40.7 Å². The molecule has 16 heteroatoms. The van der Waals surface area contributed by atoms with Gasteiger partial charge in [-0.1, -0.05) is 136 Å². The number of rotatable bonds is 10. The Morgan fingerprint density at radius 2 is 0.571 bits per heavy atom. The van der Waals surface area contributed by atoms with Gasteiger partial charge in [0.2, 0.25) is 59.4 Å². The molecule has 133 heavy (non-hydrogen) atoms. The van der Waals surface area contributed by atoms with Crippen LogP contribution in [0.4, 0.5) is 5.69 Å². The lowest BCUT2D eigenvalue weighted by Crippen LogP contribution is -2.39. The van der Waals surface area contributed by atoms with Crippen molar-refractivity contribution in [2.45, 2.75) is 116 Å². The summed E-state index contributed by atoms with van der Waals surface area (Å²) in [5, 5.41) is 8.66. The zero-order chi connectivity index (χ0) is 93.5. The summed E-state index contributed by atoms with van der Waals surface area (Å²) in [6, 6.07) is 100. The summed E-state index contributed by atoms with van der Waals surface area (Å²) in [5.41, 5.74) is 36.0. The van der Waals surface area contributed by atoms with Gasteiger partial charge < -0.3 is 0 Å². The minimum Gasteiger partial charge on any atom is -0.238 e. The van der Waals surface area contributed by atoms with Crippen molar-refractivity contribution in [2.24, 2.45) is 35.2 Å². The predicted molar refractivity (Wildman–Crippen MR) is 534 cm³/mol. The summed E-state index contributed by atoms with van der Waals surface area (Å²) in [6.45, 7) is 42.7. The summed E-state index contributed by atoms with van der Waals surface area (Å²) in [5.74, 6) is 0. The standard InChI is InChI=1S/C25H23N3.C25H29N3.C23H25N3.C22H20N4.C22H23N3/c1-18-10-8-9-15-27(18)24-16-20-11-4-6-13-22(20)25(19(24)2)28-23-14-7-5-12-21(23)17-26(28)3;1-18-11-9-10-14-27(18)23-15-21(25(3,4)5)16-24(19(23)2)28-22-13-8-7-12-20(22)17-26(28)6;1-16-14-17(2)23(19(4)22(16)25-13-9-8-10-18(25)3)26-21-12-7-6-11-20(21)15-24(26)5;1-16-9-7-8-12-25(16)21-13-19(23-3)14-22(17(21)2)26-20-11-6-5-10-18(20)15-24(26)4;1-16-13-21(24-12-8-7-9-17(24)2)18(3)22(14-16)25-20-11-6-5-10-19(20)15-23(25)4/h4-17H,1-3H3;7-17H,1-6H3;6-15H,1-5H3;5-15H,1-2,4H3;5-15H,1-4H3/q5*+2. The molecule has 0 atom stereocenters. The van der Waals surface area contributed by atoms with E-state index in [9.17, 15) is 0 Å². The van der Waals surface area contributed by atoms with Gasteiger partial charge in [-0.15, -0.1) is 46.8 Å². The number of nitrogens with zero attached hydrogens (tertiary/aromatic N) is 16. The summed E-state index contributed by atoms with van der Waals surface area (Å²) in [7, 11) is 10.5. The molecule has 11 aromatic carbocycles. The Hall–Kier alpha value is -15.7. The van der Waals surface area contributed by atoms with Crippen LogP contribution < -0.4 is 46.2 Å². The fraction of sp³-hybridized carbons (Fsp3) is 0.188.